The number of thioether (sulfide) groups is 1. The average Bonchev–Trinajstić information content (AvgIpc) is 2.24. The molecule has 0 rings (SSSR count). The number of oxime groups is 1. The Labute approximate surface area is 97.4 Å². The van der Waals surface area contributed by atoms with E-state index in [9.17, 15) is 14.9 Å². The Morgan fingerprint density at radius 1 is 1.62 bits per heavy atom. The largest absolute Gasteiger partial charge is 0.410 e. The molecule has 16 heavy (non-hydrogen) atoms. The number of hydrogen-bond donors (Lipinski definition) is 2. The van der Waals surface area contributed by atoms with Crippen LogP contribution < -0.4 is 5.32 Å². The maximum Gasteiger partial charge on any atom is 0.236 e. The van der Waals surface area contributed by atoms with E-state index in [-0.39, 0.29) is 5.04 Å². The quantitative estimate of drug-likeness (QED) is 0.249. The van der Waals surface area contributed by atoms with Crippen LogP contribution in [-0.2, 0) is 4.79 Å². The Hall–Kier alpha value is -1.31. The lowest BCUT2D eigenvalue weighted by molar-refractivity contribution is -0.564. The fourth-order valence-corrected chi connectivity index (χ4v) is 1.91. The van der Waals surface area contributed by atoms with Crippen molar-refractivity contribution in [2.24, 2.45) is 11.1 Å². The van der Waals surface area contributed by atoms with Gasteiger partial charge in [-0.15, -0.1) is 11.8 Å². The third-order valence-corrected chi connectivity index (χ3v) is 2.98. The number of carbonyl (C=O) groups is 1. The van der Waals surface area contributed by atoms with Crippen LogP contribution in [-0.4, -0.2) is 39.9 Å². The molecule has 0 radical (unpaired) electrons. The molecule has 7 nitrogen and oxygen atoms in total. The Morgan fingerprint density at radius 3 is 2.38 bits per heavy atom. The molecule has 0 spiro atoms. The van der Waals surface area contributed by atoms with Gasteiger partial charge in [0.15, 0.2) is 5.92 Å². The Morgan fingerprint density at radius 2 is 2.12 bits per heavy atom. The molecule has 0 heterocycles. The van der Waals surface area contributed by atoms with Gasteiger partial charge in [0, 0.05) is 25.8 Å². The van der Waals surface area contributed by atoms with Gasteiger partial charge in [-0.1, -0.05) is 5.16 Å². The van der Waals surface area contributed by atoms with Crippen molar-refractivity contribution in [3.05, 3.63) is 10.1 Å². The fraction of sp³-hybridized carbons (Fsp3) is 0.750. The molecule has 0 aliphatic heterocycles. The maximum atomic E-state index is 11.6. The van der Waals surface area contributed by atoms with Crippen LogP contribution in [0.2, 0.25) is 0 Å². The molecule has 0 aliphatic carbocycles. The van der Waals surface area contributed by atoms with E-state index in [0.29, 0.717) is 0 Å². The molecule has 0 aliphatic rings. The molecule has 0 bridgehead atoms. The second kappa shape index (κ2) is 5.69. The molecule has 0 aromatic carbocycles. The minimum Gasteiger partial charge on any atom is -0.410 e. The summed E-state index contributed by atoms with van der Waals surface area (Å²) in [5.41, 5.74) is -1.54. The minimum absolute atomic E-state index is 0.0149. The first kappa shape index (κ1) is 14.7. The molecule has 0 saturated heterocycles. The average molecular weight is 249 g/mol. The number of rotatable bonds is 4. The van der Waals surface area contributed by atoms with E-state index >= 15 is 0 Å². The molecular weight excluding hydrogens is 234 g/mol. The van der Waals surface area contributed by atoms with Crippen molar-refractivity contribution in [3.8, 4) is 0 Å². The first-order valence-electron chi connectivity index (χ1n) is 4.44. The molecule has 1 amide bonds. The zero-order chi connectivity index (χ0) is 12.9. The van der Waals surface area contributed by atoms with Gasteiger partial charge >= 0.3 is 0 Å². The molecular formula is C8H15N3O4S. The van der Waals surface area contributed by atoms with Gasteiger partial charge in [0.25, 0.3) is 0 Å². The number of nitrogens with one attached hydrogen (secondary N) is 1. The van der Waals surface area contributed by atoms with Crippen LogP contribution in [0.5, 0.6) is 0 Å². The SMILES string of the molecule is CNC(=O)C(C(=NO)SC)C(C)(C)[N+](=O)[O-]. The van der Waals surface area contributed by atoms with Crippen molar-refractivity contribution >= 4 is 22.7 Å². The van der Waals surface area contributed by atoms with Crippen molar-refractivity contribution in [1.82, 2.24) is 5.32 Å². The monoisotopic (exact) mass is 249 g/mol. The lowest BCUT2D eigenvalue weighted by atomic mass is 9.88. The normalized spacial score (nSPS) is 14.4. The number of hydrogen-bond acceptors (Lipinski definition) is 6. The minimum atomic E-state index is -1.54. The Balaban J connectivity index is 5.42. The summed E-state index contributed by atoms with van der Waals surface area (Å²) >= 11 is 1.00. The van der Waals surface area contributed by atoms with Crippen LogP contribution in [0.15, 0.2) is 5.16 Å². The van der Waals surface area contributed by atoms with E-state index in [2.05, 4.69) is 10.5 Å². The summed E-state index contributed by atoms with van der Waals surface area (Å²) in [6.45, 7) is 2.63. The van der Waals surface area contributed by atoms with Gasteiger partial charge in [-0.05, 0) is 6.26 Å². The van der Waals surface area contributed by atoms with Crippen LogP contribution in [0.3, 0.4) is 0 Å². The summed E-state index contributed by atoms with van der Waals surface area (Å²) < 4.78 is 0. The smallest absolute Gasteiger partial charge is 0.236 e. The van der Waals surface area contributed by atoms with E-state index in [1.54, 1.807) is 6.26 Å². The van der Waals surface area contributed by atoms with Crippen molar-refractivity contribution in [2.75, 3.05) is 13.3 Å². The highest BCUT2D eigenvalue weighted by Crippen LogP contribution is 2.26. The standard InChI is InChI=1S/C8H15N3O4S/c1-8(2,11(14)15)5(6(12)9-3)7(10-13)16-4/h5,13H,1-4H3,(H,9,12). The molecule has 1 atom stereocenters. The van der Waals surface area contributed by atoms with Crippen LogP contribution in [0.4, 0.5) is 0 Å². The zero-order valence-electron chi connectivity index (χ0n) is 9.55. The summed E-state index contributed by atoms with van der Waals surface area (Å²) in [5.74, 6) is -1.67. The van der Waals surface area contributed by atoms with E-state index in [1.165, 1.54) is 20.9 Å². The number of nitro groups is 1. The highest BCUT2D eigenvalue weighted by atomic mass is 32.2. The zero-order valence-corrected chi connectivity index (χ0v) is 10.4. The molecule has 92 valence electrons. The molecule has 0 saturated carbocycles. The first-order chi connectivity index (χ1) is 7.32. The van der Waals surface area contributed by atoms with Gasteiger partial charge in [0.2, 0.25) is 11.4 Å². The van der Waals surface area contributed by atoms with Crippen molar-refractivity contribution in [1.29, 1.82) is 0 Å². The predicted octanol–water partition coefficient (Wildman–Crippen LogP) is 0.555. The summed E-state index contributed by atoms with van der Waals surface area (Å²) in [5, 5.41) is 24.9. The third kappa shape index (κ3) is 2.84. The molecule has 0 aromatic heterocycles. The fourth-order valence-electron chi connectivity index (χ4n) is 1.20. The van der Waals surface area contributed by atoms with Gasteiger partial charge in [0.05, 0.1) is 0 Å². The predicted molar refractivity (Wildman–Crippen MR) is 61.4 cm³/mol. The van der Waals surface area contributed by atoms with Crippen molar-refractivity contribution in [3.63, 3.8) is 0 Å². The van der Waals surface area contributed by atoms with Crippen LogP contribution in [0.1, 0.15) is 13.8 Å². The maximum absolute atomic E-state index is 11.6. The number of amides is 1. The first-order valence-corrected chi connectivity index (χ1v) is 5.67. The molecule has 8 heteroatoms. The van der Waals surface area contributed by atoms with E-state index in [4.69, 9.17) is 5.21 Å². The van der Waals surface area contributed by atoms with Gasteiger partial charge in [0.1, 0.15) is 5.04 Å². The summed E-state index contributed by atoms with van der Waals surface area (Å²) in [6, 6.07) is 0. The molecule has 2 N–H and O–H groups in total. The Kier molecular flexibility index (Phi) is 5.22. The van der Waals surface area contributed by atoms with E-state index < -0.39 is 22.3 Å². The number of carbonyl (C=O) groups excluding carboxylic acids is 1. The van der Waals surface area contributed by atoms with Crippen molar-refractivity contribution in [2.45, 2.75) is 19.4 Å². The molecule has 0 fully saturated rings. The van der Waals surface area contributed by atoms with Crippen molar-refractivity contribution < 1.29 is 14.9 Å². The van der Waals surface area contributed by atoms with E-state index in [1.807, 2.05) is 0 Å². The van der Waals surface area contributed by atoms with Crippen LogP contribution in [0.25, 0.3) is 0 Å². The lowest BCUT2D eigenvalue weighted by Gasteiger charge is -2.24. The highest BCUT2D eigenvalue weighted by molar-refractivity contribution is 8.13. The van der Waals surface area contributed by atoms with Gasteiger partial charge in [-0.3, -0.25) is 14.9 Å². The second-order valence-corrected chi connectivity index (χ2v) is 4.43. The van der Waals surface area contributed by atoms with Crippen LogP contribution in [0, 0.1) is 16.0 Å². The lowest BCUT2D eigenvalue weighted by Crippen LogP contribution is -2.50. The molecule has 0 aromatic rings. The summed E-state index contributed by atoms with van der Waals surface area (Å²) in [4.78, 5) is 21.9. The van der Waals surface area contributed by atoms with Crippen LogP contribution >= 0.6 is 11.8 Å². The van der Waals surface area contributed by atoms with E-state index in [0.717, 1.165) is 11.8 Å². The van der Waals surface area contributed by atoms with Gasteiger partial charge in [-0.25, -0.2) is 0 Å². The van der Waals surface area contributed by atoms with Gasteiger partial charge < -0.3 is 10.5 Å². The molecule has 1 unspecified atom stereocenters. The topological polar surface area (TPSA) is 105 Å². The summed E-state index contributed by atoms with van der Waals surface area (Å²) in [7, 11) is 1.38. The number of nitrogens with zero attached hydrogens (tertiary/aromatic N) is 2. The van der Waals surface area contributed by atoms with Gasteiger partial charge in [-0.2, -0.15) is 0 Å². The second-order valence-electron chi connectivity index (χ2n) is 3.60. The third-order valence-electron chi connectivity index (χ3n) is 2.24. The highest BCUT2D eigenvalue weighted by Gasteiger charge is 2.48. The summed E-state index contributed by atoms with van der Waals surface area (Å²) in [6.07, 6.45) is 1.58. The Bertz CT molecular complexity index is 316.